The van der Waals surface area contributed by atoms with Crippen LogP contribution in [-0.4, -0.2) is 35.3 Å². The highest BCUT2D eigenvalue weighted by Crippen LogP contribution is 2.40. The molecule has 26 heavy (non-hydrogen) atoms. The normalized spacial score (nSPS) is 18.4. The van der Waals surface area contributed by atoms with Crippen molar-refractivity contribution in [2.75, 3.05) is 13.1 Å². The molecule has 2 aliphatic rings. The van der Waals surface area contributed by atoms with Crippen molar-refractivity contribution in [2.45, 2.75) is 24.9 Å². The van der Waals surface area contributed by atoms with Crippen LogP contribution in [0.3, 0.4) is 0 Å². The Bertz CT molecular complexity index is 888. The molecule has 0 radical (unpaired) electrons. The van der Waals surface area contributed by atoms with Gasteiger partial charge in [0.05, 0.1) is 22.6 Å². The molecule has 4 nitrogen and oxygen atoms in total. The molecule has 6 heteroatoms. The van der Waals surface area contributed by atoms with Crippen molar-refractivity contribution in [1.29, 1.82) is 0 Å². The molecule has 0 unspecified atom stereocenters. The molecular formula is C20H17Cl2NO3. The van der Waals surface area contributed by atoms with Crippen LogP contribution in [0.5, 0.6) is 5.75 Å². The van der Waals surface area contributed by atoms with Gasteiger partial charge in [-0.1, -0.05) is 35.3 Å². The first-order valence-corrected chi connectivity index (χ1v) is 9.29. The van der Waals surface area contributed by atoms with Gasteiger partial charge in [-0.05, 0) is 30.3 Å². The summed E-state index contributed by atoms with van der Waals surface area (Å²) >= 11 is 12.1. The summed E-state index contributed by atoms with van der Waals surface area (Å²) in [6.45, 7) is 1.06. The van der Waals surface area contributed by atoms with E-state index >= 15 is 0 Å². The lowest BCUT2D eigenvalue weighted by molar-refractivity contribution is -0.00569. The number of fused-ring (bicyclic) bond motifs is 1. The number of nitrogens with zero attached hydrogens (tertiary/aromatic N) is 1. The highest BCUT2D eigenvalue weighted by Gasteiger charge is 2.43. The second kappa shape index (κ2) is 6.60. The third-order valence-corrected chi connectivity index (χ3v) is 5.68. The molecule has 1 fully saturated rings. The van der Waals surface area contributed by atoms with Gasteiger partial charge in [0.15, 0.2) is 5.78 Å². The number of carbonyl (C=O) groups excluding carboxylic acids is 2. The molecule has 0 atom stereocenters. The summed E-state index contributed by atoms with van der Waals surface area (Å²) in [6.07, 6.45) is 1.53. The van der Waals surface area contributed by atoms with E-state index in [1.165, 1.54) is 0 Å². The van der Waals surface area contributed by atoms with Crippen molar-refractivity contribution in [3.8, 4) is 5.75 Å². The third-order valence-electron chi connectivity index (χ3n) is 5.12. The number of halogens is 2. The number of ether oxygens (including phenoxy) is 1. The van der Waals surface area contributed by atoms with Crippen molar-refractivity contribution in [2.24, 2.45) is 0 Å². The minimum atomic E-state index is -0.546. The molecule has 0 N–H and O–H groups in total. The Kier molecular flexibility index (Phi) is 4.41. The molecule has 1 amide bonds. The van der Waals surface area contributed by atoms with Gasteiger partial charge in [-0.2, -0.15) is 0 Å². The number of likely N-dealkylation sites (tertiary alicyclic amines) is 1. The quantitative estimate of drug-likeness (QED) is 0.713. The maximum Gasteiger partial charge on any atom is 0.255 e. The van der Waals surface area contributed by atoms with Crippen LogP contribution >= 0.6 is 23.2 Å². The summed E-state index contributed by atoms with van der Waals surface area (Å²) in [7, 11) is 0. The average Bonchev–Trinajstić information content (AvgIpc) is 2.63. The van der Waals surface area contributed by atoms with E-state index in [0.717, 1.165) is 0 Å². The second-order valence-electron chi connectivity index (χ2n) is 6.80. The Labute approximate surface area is 161 Å². The zero-order valence-electron chi connectivity index (χ0n) is 14.0. The summed E-state index contributed by atoms with van der Waals surface area (Å²) < 4.78 is 6.20. The summed E-state index contributed by atoms with van der Waals surface area (Å²) in [5.74, 6) is 0.538. The molecule has 2 aromatic rings. The largest absolute Gasteiger partial charge is 0.486 e. The van der Waals surface area contributed by atoms with Crippen LogP contribution in [0, 0.1) is 0 Å². The van der Waals surface area contributed by atoms with Gasteiger partial charge in [0.25, 0.3) is 5.91 Å². The van der Waals surface area contributed by atoms with Crippen LogP contribution in [0.25, 0.3) is 0 Å². The van der Waals surface area contributed by atoms with Crippen LogP contribution in [-0.2, 0) is 0 Å². The van der Waals surface area contributed by atoms with Crippen molar-refractivity contribution >= 4 is 34.9 Å². The molecule has 0 aliphatic carbocycles. The highest BCUT2D eigenvalue weighted by molar-refractivity contribution is 6.33. The van der Waals surface area contributed by atoms with Gasteiger partial charge < -0.3 is 9.64 Å². The van der Waals surface area contributed by atoms with E-state index in [1.807, 2.05) is 0 Å². The summed E-state index contributed by atoms with van der Waals surface area (Å²) in [4.78, 5) is 27.0. The van der Waals surface area contributed by atoms with E-state index in [0.29, 0.717) is 59.3 Å². The molecule has 2 aromatic carbocycles. The van der Waals surface area contributed by atoms with E-state index in [2.05, 4.69) is 0 Å². The van der Waals surface area contributed by atoms with E-state index in [1.54, 1.807) is 47.4 Å². The predicted octanol–water partition coefficient (Wildman–Crippen LogP) is 4.63. The van der Waals surface area contributed by atoms with Crippen LogP contribution in [0.15, 0.2) is 42.5 Å². The highest BCUT2D eigenvalue weighted by atomic mass is 35.5. The fourth-order valence-electron chi connectivity index (χ4n) is 3.67. The van der Waals surface area contributed by atoms with Crippen LogP contribution < -0.4 is 4.74 Å². The number of benzene rings is 2. The van der Waals surface area contributed by atoms with Gasteiger partial charge in [0.1, 0.15) is 11.4 Å². The molecule has 0 saturated carbocycles. The minimum Gasteiger partial charge on any atom is -0.486 e. The number of hydrogen-bond acceptors (Lipinski definition) is 3. The van der Waals surface area contributed by atoms with Crippen LogP contribution in [0.2, 0.25) is 10.0 Å². The first-order valence-electron chi connectivity index (χ1n) is 8.53. The zero-order valence-corrected chi connectivity index (χ0v) is 15.5. The first kappa shape index (κ1) is 17.4. The van der Waals surface area contributed by atoms with Crippen molar-refractivity contribution in [3.05, 3.63) is 63.6 Å². The van der Waals surface area contributed by atoms with Crippen molar-refractivity contribution in [1.82, 2.24) is 4.90 Å². The molecule has 0 bridgehead atoms. The van der Waals surface area contributed by atoms with Gasteiger partial charge in [-0.3, -0.25) is 9.59 Å². The van der Waals surface area contributed by atoms with Crippen molar-refractivity contribution in [3.63, 3.8) is 0 Å². The SMILES string of the molecule is O=C1CC2(CCN(C(=O)c3ccccc3Cl)CC2)Oc2ccc(Cl)cc21. The number of Topliss-reactive ketones (excluding diaryl/α,β-unsaturated/α-hetero) is 1. The Morgan fingerprint density at radius 3 is 2.54 bits per heavy atom. The zero-order chi connectivity index (χ0) is 18.3. The number of carbonyl (C=O) groups is 2. The van der Waals surface area contributed by atoms with E-state index < -0.39 is 5.60 Å². The Balaban J connectivity index is 1.50. The molecule has 134 valence electrons. The number of ketones is 1. The molecule has 2 aliphatic heterocycles. The number of hydrogen-bond donors (Lipinski definition) is 0. The van der Waals surface area contributed by atoms with E-state index in [9.17, 15) is 9.59 Å². The second-order valence-corrected chi connectivity index (χ2v) is 7.64. The molecular weight excluding hydrogens is 373 g/mol. The fourth-order valence-corrected chi connectivity index (χ4v) is 4.06. The average molecular weight is 390 g/mol. The summed E-state index contributed by atoms with van der Waals surface area (Å²) in [5.41, 5.74) is 0.498. The van der Waals surface area contributed by atoms with Crippen LogP contribution in [0.1, 0.15) is 40.0 Å². The van der Waals surface area contributed by atoms with Gasteiger partial charge in [-0.25, -0.2) is 0 Å². The van der Waals surface area contributed by atoms with Gasteiger partial charge in [0, 0.05) is 31.0 Å². The summed E-state index contributed by atoms with van der Waals surface area (Å²) in [6, 6.07) is 12.2. The third kappa shape index (κ3) is 3.08. The molecule has 0 aromatic heterocycles. The van der Waals surface area contributed by atoms with Crippen LogP contribution in [0.4, 0.5) is 0 Å². The molecule has 1 saturated heterocycles. The van der Waals surface area contributed by atoms with E-state index in [-0.39, 0.29) is 11.7 Å². The molecule has 2 heterocycles. The number of piperidine rings is 1. The monoisotopic (exact) mass is 389 g/mol. The first-order chi connectivity index (χ1) is 12.5. The predicted molar refractivity (Wildman–Crippen MR) is 100 cm³/mol. The smallest absolute Gasteiger partial charge is 0.255 e. The Morgan fingerprint density at radius 1 is 1.08 bits per heavy atom. The maximum atomic E-state index is 12.7. The lowest BCUT2D eigenvalue weighted by Gasteiger charge is -2.44. The summed E-state index contributed by atoms with van der Waals surface area (Å²) in [5, 5.41) is 0.976. The standard InChI is InChI=1S/C20H17Cl2NO3/c21-13-5-6-18-15(11-13)17(24)12-20(26-18)7-9-23(10-8-20)19(25)14-3-1-2-4-16(14)22/h1-6,11H,7-10,12H2. The maximum absolute atomic E-state index is 12.7. The lowest BCUT2D eigenvalue weighted by Crippen LogP contribution is -2.52. The van der Waals surface area contributed by atoms with Gasteiger partial charge in [0.2, 0.25) is 0 Å². The van der Waals surface area contributed by atoms with Crippen molar-refractivity contribution < 1.29 is 14.3 Å². The Hall–Kier alpha value is -2.04. The number of amides is 1. The van der Waals surface area contributed by atoms with E-state index in [4.69, 9.17) is 27.9 Å². The molecule has 1 spiro atoms. The lowest BCUT2D eigenvalue weighted by atomic mass is 9.82. The van der Waals surface area contributed by atoms with Gasteiger partial charge in [-0.15, -0.1) is 0 Å². The van der Waals surface area contributed by atoms with Gasteiger partial charge >= 0.3 is 0 Å². The topological polar surface area (TPSA) is 46.6 Å². The minimum absolute atomic E-state index is 0.0413. The number of rotatable bonds is 1. The molecule has 4 rings (SSSR count). The fraction of sp³-hybridized carbons (Fsp3) is 0.300. The Morgan fingerprint density at radius 2 is 1.81 bits per heavy atom.